The molecular formula is C11H14ClFO3S. The average Bonchev–Trinajstić information content (AvgIpc) is 2.20. The van der Waals surface area contributed by atoms with Gasteiger partial charge in [-0.25, -0.2) is 12.8 Å². The molecule has 1 aromatic rings. The molecular weight excluding hydrogens is 267 g/mol. The van der Waals surface area contributed by atoms with Gasteiger partial charge in [-0.3, -0.25) is 0 Å². The van der Waals surface area contributed by atoms with Crippen LogP contribution in [0.1, 0.15) is 24.5 Å². The van der Waals surface area contributed by atoms with E-state index in [4.69, 9.17) is 11.6 Å². The van der Waals surface area contributed by atoms with Crippen molar-refractivity contribution >= 4 is 21.4 Å². The Morgan fingerprint density at radius 3 is 2.71 bits per heavy atom. The Kier molecular flexibility index (Phi) is 4.91. The lowest BCUT2D eigenvalue weighted by Crippen LogP contribution is -2.07. The summed E-state index contributed by atoms with van der Waals surface area (Å²) in [5.74, 6) is -0.673. The second-order valence-corrected chi connectivity index (χ2v) is 6.60. The van der Waals surface area contributed by atoms with Crippen molar-refractivity contribution in [3.8, 4) is 0 Å². The van der Waals surface area contributed by atoms with Crippen molar-refractivity contribution in [2.45, 2.75) is 18.9 Å². The molecule has 0 aliphatic heterocycles. The van der Waals surface area contributed by atoms with Gasteiger partial charge in [-0.15, -0.1) is 0 Å². The molecule has 0 amide bonds. The first-order valence-corrected chi connectivity index (χ1v) is 7.55. The second-order valence-electron chi connectivity index (χ2n) is 3.93. The predicted octanol–water partition coefficient (Wildman–Crippen LogP) is 2.34. The van der Waals surface area contributed by atoms with Crippen LogP contribution in [0.2, 0.25) is 5.02 Å². The molecule has 0 radical (unpaired) electrons. The van der Waals surface area contributed by atoms with Crippen LogP contribution in [-0.4, -0.2) is 25.5 Å². The number of rotatable bonds is 5. The van der Waals surface area contributed by atoms with Gasteiger partial charge in [0.2, 0.25) is 0 Å². The fraction of sp³-hybridized carbons (Fsp3) is 0.455. The van der Waals surface area contributed by atoms with Crippen LogP contribution in [0.4, 0.5) is 4.39 Å². The van der Waals surface area contributed by atoms with E-state index in [1.165, 1.54) is 12.1 Å². The number of sulfone groups is 1. The summed E-state index contributed by atoms with van der Waals surface area (Å²) < 4.78 is 35.3. The zero-order valence-corrected chi connectivity index (χ0v) is 10.9. The number of aliphatic hydroxyl groups is 1. The Labute approximate surface area is 105 Å². The SMILES string of the molecule is CS(=O)(=O)CCCC(O)c1cccc(Cl)c1F. The predicted molar refractivity (Wildman–Crippen MR) is 65.3 cm³/mol. The van der Waals surface area contributed by atoms with Gasteiger partial charge in [-0.05, 0) is 18.9 Å². The minimum Gasteiger partial charge on any atom is -0.388 e. The molecule has 96 valence electrons. The fourth-order valence-electron chi connectivity index (χ4n) is 1.47. The van der Waals surface area contributed by atoms with Gasteiger partial charge in [0.15, 0.2) is 0 Å². The zero-order chi connectivity index (χ0) is 13.1. The van der Waals surface area contributed by atoms with Crippen LogP contribution in [0.15, 0.2) is 18.2 Å². The van der Waals surface area contributed by atoms with E-state index >= 15 is 0 Å². The van der Waals surface area contributed by atoms with Crippen LogP contribution in [0.25, 0.3) is 0 Å². The summed E-state index contributed by atoms with van der Waals surface area (Å²) in [7, 11) is -3.05. The molecule has 1 rings (SSSR count). The highest BCUT2D eigenvalue weighted by Gasteiger charge is 2.15. The van der Waals surface area contributed by atoms with Gasteiger partial charge < -0.3 is 5.11 Å². The number of aliphatic hydroxyl groups excluding tert-OH is 1. The van der Waals surface area contributed by atoms with Gasteiger partial charge in [-0.1, -0.05) is 23.7 Å². The Morgan fingerprint density at radius 1 is 1.47 bits per heavy atom. The quantitative estimate of drug-likeness (QED) is 0.901. The van der Waals surface area contributed by atoms with Crippen LogP contribution in [-0.2, 0) is 9.84 Å². The Balaban J connectivity index is 2.64. The average molecular weight is 281 g/mol. The van der Waals surface area contributed by atoms with Gasteiger partial charge >= 0.3 is 0 Å². The van der Waals surface area contributed by atoms with Crippen LogP contribution in [0.3, 0.4) is 0 Å². The normalized spacial score (nSPS) is 13.6. The number of benzene rings is 1. The molecule has 0 saturated carbocycles. The highest BCUT2D eigenvalue weighted by Crippen LogP contribution is 2.26. The standard InChI is InChI=1S/C11H14ClFO3S/c1-17(15,16)7-3-6-10(14)8-4-2-5-9(12)11(8)13/h2,4-5,10,14H,3,6-7H2,1H3. The minimum absolute atomic E-state index is 0.0216. The first kappa shape index (κ1) is 14.4. The molecule has 1 N–H and O–H groups in total. The Hall–Kier alpha value is -0.650. The molecule has 0 fully saturated rings. The lowest BCUT2D eigenvalue weighted by atomic mass is 10.0. The Morgan fingerprint density at radius 2 is 2.12 bits per heavy atom. The summed E-state index contributed by atoms with van der Waals surface area (Å²) in [6.45, 7) is 0. The maximum atomic E-state index is 13.5. The van der Waals surface area contributed by atoms with Gasteiger partial charge in [0, 0.05) is 17.6 Å². The summed E-state index contributed by atoms with van der Waals surface area (Å²) in [5, 5.41) is 9.68. The molecule has 1 atom stereocenters. The fourth-order valence-corrected chi connectivity index (χ4v) is 2.35. The topological polar surface area (TPSA) is 54.4 Å². The van der Waals surface area contributed by atoms with Crippen molar-refractivity contribution in [1.82, 2.24) is 0 Å². The van der Waals surface area contributed by atoms with Crippen molar-refractivity contribution in [3.63, 3.8) is 0 Å². The molecule has 1 aromatic carbocycles. The number of halogens is 2. The first-order chi connectivity index (χ1) is 7.81. The molecule has 6 heteroatoms. The molecule has 0 bridgehead atoms. The third kappa shape index (κ3) is 4.61. The van der Waals surface area contributed by atoms with E-state index in [9.17, 15) is 17.9 Å². The molecule has 0 heterocycles. The highest BCUT2D eigenvalue weighted by atomic mass is 35.5. The lowest BCUT2D eigenvalue weighted by molar-refractivity contribution is 0.162. The van der Waals surface area contributed by atoms with E-state index in [0.29, 0.717) is 0 Å². The van der Waals surface area contributed by atoms with Gasteiger partial charge in [0.05, 0.1) is 11.1 Å². The third-order valence-corrected chi connectivity index (χ3v) is 3.66. The molecule has 3 nitrogen and oxygen atoms in total. The van der Waals surface area contributed by atoms with E-state index in [-0.39, 0.29) is 29.2 Å². The summed E-state index contributed by atoms with van der Waals surface area (Å²) >= 11 is 5.58. The van der Waals surface area contributed by atoms with Crippen LogP contribution in [0, 0.1) is 5.82 Å². The van der Waals surface area contributed by atoms with E-state index in [1.54, 1.807) is 6.07 Å². The summed E-state index contributed by atoms with van der Waals surface area (Å²) in [6.07, 6.45) is 0.561. The van der Waals surface area contributed by atoms with Crippen LogP contribution in [0.5, 0.6) is 0 Å². The van der Waals surface area contributed by atoms with Crippen molar-refractivity contribution in [2.75, 3.05) is 12.0 Å². The first-order valence-electron chi connectivity index (χ1n) is 5.11. The molecule has 0 aliphatic carbocycles. The van der Waals surface area contributed by atoms with Crippen molar-refractivity contribution in [3.05, 3.63) is 34.6 Å². The summed E-state index contributed by atoms with van der Waals surface area (Å²) in [4.78, 5) is 0. The van der Waals surface area contributed by atoms with E-state index in [2.05, 4.69) is 0 Å². The largest absolute Gasteiger partial charge is 0.388 e. The molecule has 17 heavy (non-hydrogen) atoms. The molecule has 0 aromatic heterocycles. The molecule has 1 unspecified atom stereocenters. The summed E-state index contributed by atoms with van der Waals surface area (Å²) in [6, 6.07) is 4.37. The molecule has 0 spiro atoms. The third-order valence-electron chi connectivity index (χ3n) is 2.33. The lowest BCUT2D eigenvalue weighted by Gasteiger charge is -2.12. The van der Waals surface area contributed by atoms with Crippen molar-refractivity contribution in [2.24, 2.45) is 0 Å². The van der Waals surface area contributed by atoms with Crippen molar-refractivity contribution in [1.29, 1.82) is 0 Å². The second kappa shape index (κ2) is 5.80. The zero-order valence-electron chi connectivity index (χ0n) is 9.36. The molecule has 0 saturated heterocycles. The monoisotopic (exact) mass is 280 g/mol. The maximum Gasteiger partial charge on any atom is 0.147 e. The van der Waals surface area contributed by atoms with Crippen molar-refractivity contribution < 1.29 is 17.9 Å². The Bertz CT molecular complexity index is 487. The van der Waals surface area contributed by atoms with Gasteiger partial charge in [0.25, 0.3) is 0 Å². The van der Waals surface area contributed by atoms with Gasteiger partial charge in [0.1, 0.15) is 15.7 Å². The molecule has 0 aliphatic rings. The number of hydrogen-bond acceptors (Lipinski definition) is 3. The van der Waals surface area contributed by atoms with Crippen LogP contribution < -0.4 is 0 Å². The van der Waals surface area contributed by atoms with E-state index in [1.807, 2.05) is 0 Å². The van der Waals surface area contributed by atoms with Crippen LogP contribution >= 0.6 is 11.6 Å². The van der Waals surface area contributed by atoms with E-state index < -0.39 is 21.8 Å². The van der Waals surface area contributed by atoms with Gasteiger partial charge in [-0.2, -0.15) is 0 Å². The number of hydrogen-bond donors (Lipinski definition) is 1. The maximum absolute atomic E-state index is 13.5. The van der Waals surface area contributed by atoms with E-state index in [0.717, 1.165) is 6.26 Å². The smallest absolute Gasteiger partial charge is 0.147 e. The highest BCUT2D eigenvalue weighted by molar-refractivity contribution is 7.90. The summed E-state index contributed by atoms with van der Waals surface area (Å²) in [5.41, 5.74) is 0.103. The minimum atomic E-state index is -3.05.